The van der Waals surface area contributed by atoms with Crippen molar-refractivity contribution in [3.8, 4) is 0 Å². The third kappa shape index (κ3) is 1.32. The summed E-state index contributed by atoms with van der Waals surface area (Å²) in [7, 11) is -3.56. The molecule has 5 nitrogen and oxygen atoms in total. The van der Waals surface area contributed by atoms with Crippen LogP contribution in [0, 0.1) is 0 Å². The molecule has 0 aromatic carbocycles. The van der Waals surface area contributed by atoms with Gasteiger partial charge in [0.1, 0.15) is 0 Å². The lowest BCUT2D eigenvalue weighted by Gasteiger charge is -2.49. The number of sulfonamides is 1. The molecule has 1 aliphatic carbocycles. The second kappa shape index (κ2) is 3.43. The number of carbonyl (C=O) groups is 1. The summed E-state index contributed by atoms with van der Waals surface area (Å²) in [6.07, 6.45) is 2.19. The van der Waals surface area contributed by atoms with Gasteiger partial charge in [-0.15, -0.1) is 0 Å². The molecule has 2 unspecified atom stereocenters. The van der Waals surface area contributed by atoms with Crippen molar-refractivity contribution in [3.05, 3.63) is 0 Å². The lowest BCUT2D eigenvalue weighted by atomic mass is 9.92. The van der Waals surface area contributed by atoms with Gasteiger partial charge in [-0.05, 0) is 26.7 Å². The van der Waals surface area contributed by atoms with Crippen LogP contribution in [0.5, 0.6) is 0 Å². The predicted molar refractivity (Wildman–Crippen MR) is 58.1 cm³/mol. The standard InChI is InChI=1S/C10H17NO4S/c1-10(2)9(13)11(16(10,14)15)7-5-3-4-6-8(7)12/h7-8,12H,3-6H2,1-2H3. The minimum Gasteiger partial charge on any atom is -0.391 e. The molecule has 0 aromatic rings. The smallest absolute Gasteiger partial charge is 0.259 e. The van der Waals surface area contributed by atoms with Gasteiger partial charge in [0.05, 0.1) is 12.1 Å². The summed E-state index contributed by atoms with van der Waals surface area (Å²) in [4.78, 5) is 11.8. The Labute approximate surface area is 95.5 Å². The Hall–Kier alpha value is -0.620. The van der Waals surface area contributed by atoms with Gasteiger partial charge in [-0.2, -0.15) is 0 Å². The van der Waals surface area contributed by atoms with Crippen molar-refractivity contribution < 1.29 is 18.3 Å². The van der Waals surface area contributed by atoms with Crippen molar-refractivity contribution in [1.82, 2.24) is 4.31 Å². The van der Waals surface area contributed by atoms with E-state index in [0.717, 1.165) is 17.1 Å². The average Bonchev–Trinajstić information content (AvgIpc) is 2.20. The van der Waals surface area contributed by atoms with Crippen molar-refractivity contribution in [1.29, 1.82) is 0 Å². The number of aliphatic hydroxyl groups is 1. The molecule has 0 radical (unpaired) electrons. The van der Waals surface area contributed by atoms with Crippen molar-refractivity contribution in [2.75, 3.05) is 0 Å². The number of amides is 1. The maximum Gasteiger partial charge on any atom is 0.259 e. The molecule has 16 heavy (non-hydrogen) atoms. The highest BCUT2D eigenvalue weighted by atomic mass is 32.2. The van der Waals surface area contributed by atoms with Crippen LogP contribution in [0.25, 0.3) is 0 Å². The maximum absolute atomic E-state index is 11.9. The van der Waals surface area contributed by atoms with E-state index in [1.807, 2.05) is 0 Å². The lowest BCUT2D eigenvalue weighted by Crippen LogP contribution is -2.71. The predicted octanol–water partition coefficient (Wildman–Crippen LogP) is 0.240. The second-order valence-electron chi connectivity index (χ2n) is 5.04. The highest BCUT2D eigenvalue weighted by Gasteiger charge is 2.63. The van der Waals surface area contributed by atoms with Gasteiger partial charge in [-0.3, -0.25) is 4.79 Å². The van der Waals surface area contributed by atoms with Crippen molar-refractivity contribution in [2.45, 2.75) is 56.4 Å². The van der Waals surface area contributed by atoms with E-state index in [0.29, 0.717) is 12.8 Å². The fourth-order valence-corrected chi connectivity index (χ4v) is 4.11. The average molecular weight is 247 g/mol. The molecule has 0 bridgehead atoms. The Morgan fingerprint density at radius 3 is 2.38 bits per heavy atom. The minimum atomic E-state index is -3.56. The zero-order chi connectivity index (χ0) is 12.1. The van der Waals surface area contributed by atoms with Gasteiger partial charge in [-0.25, -0.2) is 12.7 Å². The third-order valence-electron chi connectivity index (χ3n) is 3.61. The molecule has 0 aromatic heterocycles. The Kier molecular flexibility index (Phi) is 2.54. The van der Waals surface area contributed by atoms with Crippen LogP contribution in [-0.2, 0) is 14.8 Å². The number of hydrogen-bond acceptors (Lipinski definition) is 4. The highest BCUT2D eigenvalue weighted by Crippen LogP contribution is 2.40. The third-order valence-corrected chi connectivity index (χ3v) is 6.03. The first-order chi connectivity index (χ1) is 7.30. The SMILES string of the molecule is CC1(C)C(=O)N(C2CCCCC2O)S1(=O)=O. The highest BCUT2D eigenvalue weighted by molar-refractivity contribution is 7.94. The van der Waals surface area contributed by atoms with E-state index in [2.05, 4.69) is 0 Å². The quantitative estimate of drug-likeness (QED) is 0.720. The van der Waals surface area contributed by atoms with Crippen molar-refractivity contribution >= 4 is 15.9 Å². The number of rotatable bonds is 1. The van der Waals surface area contributed by atoms with E-state index in [1.54, 1.807) is 0 Å². The summed E-state index contributed by atoms with van der Waals surface area (Å²) in [5.74, 6) is -0.390. The summed E-state index contributed by atoms with van der Waals surface area (Å²) < 4.78 is 23.4. The number of hydrogen-bond donors (Lipinski definition) is 1. The van der Waals surface area contributed by atoms with Gasteiger partial charge in [-0.1, -0.05) is 12.8 Å². The van der Waals surface area contributed by atoms with Gasteiger partial charge in [0.15, 0.2) is 4.75 Å². The zero-order valence-corrected chi connectivity index (χ0v) is 10.3. The molecule has 0 spiro atoms. The van der Waals surface area contributed by atoms with E-state index in [-0.39, 0.29) is 0 Å². The van der Waals surface area contributed by atoms with Crippen LogP contribution in [-0.4, -0.2) is 40.6 Å². The maximum atomic E-state index is 11.9. The van der Waals surface area contributed by atoms with Gasteiger partial charge >= 0.3 is 0 Å². The summed E-state index contributed by atoms with van der Waals surface area (Å²) in [6.45, 7) is 2.83. The van der Waals surface area contributed by atoms with E-state index in [4.69, 9.17) is 0 Å². The molecule has 1 saturated carbocycles. The molecule has 1 amide bonds. The number of nitrogens with zero attached hydrogens (tertiary/aromatic N) is 1. The monoisotopic (exact) mass is 247 g/mol. The Morgan fingerprint density at radius 1 is 1.31 bits per heavy atom. The topological polar surface area (TPSA) is 74.7 Å². The summed E-state index contributed by atoms with van der Waals surface area (Å²) in [6, 6.07) is -0.542. The Balaban J connectivity index is 2.27. The van der Waals surface area contributed by atoms with Crippen LogP contribution in [0.3, 0.4) is 0 Å². The molecule has 6 heteroatoms. The van der Waals surface area contributed by atoms with Crippen LogP contribution >= 0.6 is 0 Å². The number of carbonyl (C=O) groups excluding carboxylic acids is 1. The van der Waals surface area contributed by atoms with E-state index < -0.39 is 32.8 Å². The van der Waals surface area contributed by atoms with Gasteiger partial charge in [0.25, 0.3) is 15.9 Å². The molecule has 1 aliphatic heterocycles. The first kappa shape index (κ1) is 11.9. The van der Waals surface area contributed by atoms with Gasteiger partial charge < -0.3 is 5.11 Å². The molecule has 1 heterocycles. The molecular formula is C10H17NO4S. The molecule has 2 atom stereocenters. The summed E-state index contributed by atoms with van der Waals surface area (Å²) in [5, 5.41) is 9.77. The summed E-state index contributed by atoms with van der Waals surface area (Å²) in [5.41, 5.74) is 0. The normalized spacial score (nSPS) is 36.9. The van der Waals surface area contributed by atoms with Crippen molar-refractivity contribution in [3.63, 3.8) is 0 Å². The fourth-order valence-electron chi connectivity index (χ4n) is 2.39. The Morgan fingerprint density at radius 2 is 1.88 bits per heavy atom. The lowest BCUT2D eigenvalue weighted by molar-refractivity contribution is -0.136. The van der Waals surface area contributed by atoms with E-state index in [1.165, 1.54) is 13.8 Å². The molecule has 1 N–H and O–H groups in total. The molecule has 2 fully saturated rings. The molecular weight excluding hydrogens is 230 g/mol. The molecule has 2 aliphatic rings. The van der Waals surface area contributed by atoms with Gasteiger partial charge in [0, 0.05) is 0 Å². The first-order valence-corrected chi connectivity index (χ1v) is 7.00. The second-order valence-corrected chi connectivity index (χ2v) is 7.40. The molecule has 1 saturated heterocycles. The summed E-state index contributed by atoms with van der Waals surface area (Å²) >= 11 is 0. The van der Waals surface area contributed by atoms with Crippen LogP contribution in [0.4, 0.5) is 0 Å². The largest absolute Gasteiger partial charge is 0.391 e. The van der Waals surface area contributed by atoms with E-state index in [9.17, 15) is 18.3 Å². The molecule has 2 rings (SSSR count). The van der Waals surface area contributed by atoms with Crippen LogP contribution in [0.1, 0.15) is 39.5 Å². The number of aliphatic hydroxyl groups excluding tert-OH is 1. The van der Waals surface area contributed by atoms with Gasteiger partial charge in [0.2, 0.25) is 0 Å². The van der Waals surface area contributed by atoms with Crippen molar-refractivity contribution in [2.24, 2.45) is 0 Å². The molecule has 92 valence electrons. The first-order valence-electron chi connectivity index (χ1n) is 5.56. The fraction of sp³-hybridized carbons (Fsp3) is 0.900. The zero-order valence-electron chi connectivity index (χ0n) is 9.51. The van der Waals surface area contributed by atoms with E-state index >= 15 is 0 Å². The van der Waals surface area contributed by atoms with Crippen LogP contribution < -0.4 is 0 Å². The van der Waals surface area contributed by atoms with Crippen LogP contribution in [0.15, 0.2) is 0 Å². The minimum absolute atomic E-state index is 0.390. The Bertz CT molecular complexity index is 415. The van der Waals surface area contributed by atoms with Crippen LogP contribution in [0.2, 0.25) is 0 Å².